The Kier molecular flexibility index (Phi) is 15.3. The maximum Gasteiger partial charge on any atom is 0.407 e. The summed E-state index contributed by atoms with van der Waals surface area (Å²) >= 11 is 9.76. The Balaban J connectivity index is 1.33. The zero-order chi connectivity index (χ0) is 36.1. The van der Waals surface area contributed by atoms with Gasteiger partial charge in [0.1, 0.15) is 11.6 Å². The molecule has 0 aromatic heterocycles. The molecule has 0 spiro atoms. The van der Waals surface area contributed by atoms with Gasteiger partial charge in [-0.1, -0.05) is 70.0 Å². The van der Waals surface area contributed by atoms with E-state index in [1.54, 1.807) is 25.7 Å². The number of carbonyl (C=O) groups is 3. The lowest BCUT2D eigenvalue weighted by molar-refractivity contribution is -0.160. The van der Waals surface area contributed by atoms with E-state index < -0.39 is 29.7 Å². The summed E-state index contributed by atoms with van der Waals surface area (Å²) in [5.41, 5.74) is 1.31. The molecule has 1 fully saturated rings. The summed E-state index contributed by atoms with van der Waals surface area (Å²) in [5, 5.41) is 5.34. The van der Waals surface area contributed by atoms with Gasteiger partial charge in [-0.25, -0.2) is 4.79 Å². The molecule has 1 aliphatic rings. The number of alkyl carbamates (subject to hydrolysis) is 1. The molecule has 0 saturated carbocycles. The van der Waals surface area contributed by atoms with Gasteiger partial charge >= 0.3 is 12.1 Å². The largest absolute Gasteiger partial charge is 0.468 e. The van der Waals surface area contributed by atoms with Gasteiger partial charge in [-0.3, -0.25) is 14.5 Å². The van der Waals surface area contributed by atoms with Gasteiger partial charge in [0.2, 0.25) is 5.91 Å². The molecule has 50 heavy (non-hydrogen) atoms. The Morgan fingerprint density at radius 3 is 2.26 bits per heavy atom. The van der Waals surface area contributed by atoms with Gasteiger partial charge in [0.25, 0.3) is 0 Å². The van der Waals surface area contributed by atoms with Crippen LogP contribution in [0, 0.1) is 0 Å². The predicted molar refractivity (Wildman–Crippen MR) is 195 cm³/mol. The topological polar surface area (TPSA) is 116 Å². The molecule has 3 aromatic carbocycles. The summed E-state index contributed by atoms with van der Waals surface area (Å²) < 4.78 is 28.3. The molecule has 0 unspecified atom stereocenters. The monoisotopic (exact) mass is 775 g/mol. The molecule has 0 aliphatic carbocycles. The van der Waals surface area contributed by atoms with Crippen molar-refractivity contribution in [3.8, 4) is 0 Å². The van der Waals surface area contributed by atoms with Gasteiger partial charge in [-0.15, -0.1) is 0 Å². The Bertz CT molecular complexity index is 1590. The molecule has 1 heterocycles. The van der Waals surface area contributed by atoms with E-state index in [2.05, 4.69) is 21.2 Å². The van der Waals surface area contributed by atoms with Crippen molar-refractivity contribution in [2.75, 3.05) is 72.9 Å². The zero-order valence-corrected chi connectivity index (χ0v) is 31.5. The van der Waals surface area contributed by atoms with Crippen LogP contribution in [0.4, 0.5) is 4.79 Å². The molecule has 0 bridgehead atoms. The highest BCUT2D eigenvalue weighted by Crippen LogP contribution is 2.35. The molecule has 1 aliphatic heterocycles. The third-order valence-corrected chi connectivity index (χ3v) is 9.04. The van der Waals surface area contributed by atoms with Crippen molar-refractivity contribution < 1.29 is 38.1 Å². The number of hydrogen-bond acceptors (Lipinski definition) is 9. The van der Waals surface area contributed by atoms with Gasteiger partial charge in [-0.2, -0.15) is 0 Å². The lowest BCUT2D eigenvalue weighted by Gasteiger charge is -2.46. The summed E-state index contributed by atoms with van der Waals surface area (Å²) in [6.07, 6.45) is 0.0869. The van der Waals surface area contributed by atoms with Crippen molar-refractivity contribution in [1.82, 2.24) is 15.1 Å². The number of nitrogens with zero attached hydrogens (tertiary/aromatic N) is 2. The number of piperazine rings is 1. The molecular formula is C37H47BrClN3O8. The molecule has 1 N–H and O–H groups in total. The summed E-state index contributed by atoms with van der Waals surface area (Å²) in [6, 6.07) is 18.3. The van der Waals surface area contributed by atoms with E-state index in [0.29, 0.717) is 70.7 Å². The minimum Gasteiger partial charge on any atom is -0.468 e. The van der Waals surface area contributed by atoms with Gasteiger partial charge in [0, 0.05) is 29.1 Å². The van der Waals surface area contributed by atoms with Gasteiger partial charge < -0.3 is 33.9 Å². The standard InChI is InChI=1S/C37H47BrClN3O8/c1-37(2,3)50-36(45)40-14-17-47-19-21-49-22-20-48-18-16-41-25-32(43)42(15-13-27-11-12-30(39)24-31(27)38)33(34(41)35(44)46-4)29-10-9-26-7-5-6-8-28(26)23-29/h5-12,23-24,33-34H,13-22,25H2,1-4H3,(H,40,45)/t33-,34+/m1/s1. The third kappa shape index (κ3) is 11.9. The average molecular weight is 777 g/mol. The summed E-state index contributed by atoms with van der Waals surface area (Å²) in [6.45, 7) is 8.60. The predicted octanol–water partition coefficient (Wildman–Crippen LogP) is 5.80. The highest BCUT2D eigenvalue weighted by Gasteiger charge is 2.45. The first-order valence-electron chi connectivity index (χ1n) is 16.7. The normalized spacial score (nSPS) is 16.8. The zero-order valence-electron chi connectivity index (χ0n) is 29.1. The minimum absolute atomic E-state index is 0.0472. The summed E-state index contributed by atoms with van der Waals surface area (Å²) in [5.74, 6) is -0.504. The second kappa shape index (κ2) is 19.4. The molecule has 11 nitrogen and oxygen atoms in total. The number of esters is 1. The van der Waals surface area contributed by atoms with Crippen LogP contribution < -0.4 is 5.32 Å². The van der Waals surface area contributed by atoms with Crippen LogP contribution in [0.2, 0.25) is 5.02 Å². The number of methoxy groups -OCH3 is 1. The first-order valence-corrected chi connectivity index (χ1v) is 17.9. The van der Waals surface area contributed by atoms with Crippen molar-refractivity contribution in [2.45, 2.75) is 44.9 Å². The first-order chi connectivity index (χ1) is 24.0. The number of ether oxygens (including phenoxy) is 5. The lowest BCUT2D eigenvalue weighted by Crippen LogP contribution is -2.61. The smallest absolute Gasteiger partial charge is 0.407 e. The summed E-state index contributed by atoms with van der Waals surface area (Å²) in [4.78, 5) is 42.7. The second-order valence-corrected chi connectivity index (χ2v) is 14.1. The van der Waals surface area contributed by atoms with Crippen LogP contribution in [0.3, 0.4) is 0 Å². The van der Waals surface area contributed by atoms with Crippen molar-refractivity contribution in [3.63, 3.8) is 0 Å². The Hall–Kier alpha value is -3.26. The quantitative estimate of drug-likeness (QED) is 0.134. The third-order valence-electron chi connectivity index (χ3n) is 8.06. The van der Waals surface area contributed by atoms with Crippen LogP contribution in [0.1, 0.15) is 37.9 Å². The fourth-order valence-electron chi connectivity index (χ4n) is 5.75. The van der Waals surface area contributed by atoms with E-state index >= 15 is 0 Å². The average Bonchev–Trinajstić information content (AvgIpc) is 3.07. The fraction of sp³-hybridized carbons (Fsp3) is 0.486. The van der Waals surface area contributed by atoms with E-state index in [4.69, 9.17) is 35.3 Å². The van der Waals surface area contributed by atoms with Crippen molar-refractivity contribution >= 4 is 56.3 Å². The highest BCUT2D eigenvalue weighted by molar-refractivity contribution is 9.10. The second-order valence-electron chi connectivity index (χ2n) is 12.8. The van der Waals surface area contributed by atoms with E-state index in [1.807, 2.05) is 65.6 Å². The van der Waals surface area contributed by atoms with E-state index in [0.717, 1.165) is 26.4 Å². The van der Waals surface area contributed by atoms with Crippen LogP contribution in [-0.4, -0.2) is 112 Å². The Labute approximate surface area is 307 Å². The van der Waals surface area contributed by atoms with Crippen LogP contribution >= 0.6 is 27.5 Å². The van der Waals surface area contributed by atoms with Crippen LogP contribution in [-0.2, 0) is 39.7 Å². The van der Waals surface area contributed by atoms with Crippen molar-refractivity contribution in [3.05, 3.63) is 81.3 Å². The number of rotatable bonds is 17. The number of carbonyl (C=O) groups excluding carboxylic acids is 3. The lowest BCUT2D eigenvalue weighted by atomic mass is 9.91. The van der Waals surface area contributed by atoms with Crippen molar-refractivity contribution in [2.24, 2.45) is 0 Å². The van der Waals surface area contributed by atoms with Crippen LogP contribution in [0.15, 0.2) is 65.1 Å². The molecule has 1 saturated heterocycles. The SMILES string of the molecule is COC(=O)[C@@H]1[C@@H](c2ccc3ccccc3c2)N(CCc2ccc(Cl)cc2Br)C(=O)CN1CCOCCOCCOCCNC(=O)OC(C)(C)C. The number of nitrogens with one attached hydrogen (secondary N) is 1. The molecular weight excluding hydrogens is 730 g/mol. The molecule has 4 rings (SSSR count). The highest BCUT2D eigenvalue weighted by atomic mass is 79.9. The molecule has 13 heteroatoms. The Morgan fingerprint density at radius 2 is 1.58 bits per heavy atom. The number of halogens is 2. The molecule has 2 amide bonds. The summed E-state index contributed by atoms with van der Waals surface area (Å²) in [7, 11) is 1.37. The van der Waals surface area contributed by atoms with Gasteiger partial charge in [0.05, 0.1) is 59.3 Å². The number of benzene rings is 3. The number of amides is 2. The molecule has 272 valence electrons. The maximum atomic E-state index is 13.9. The molecule has 3 aromatic rings. The fourth-order valence-corrected chi connectivity index (χ4v) is 6.63. The van der Waals surface area contributed by atoms with E-state index in [9.17, 15) is 14.4 Å². The van der Waals surface area contributed by atoms with E-state index in [-0.39, 0.29) is 12.5 Å². The maximum absolute atomic E-state index is 13.9. The van der Waals surface area contributed by atoms with Crippen molar-refractivity contribution in [1.29, 1.82) is 0 Å². The van der Waals surface area contributed by atoms with E-state index in [1.165, 1.54) is 7.11 Å². The molecule has 2 atom stereocenters. The first kappa shape index (κ1) is 39.5. The van der Waals surface area contributed by atoms with Crippen LogP contribution in [0.5, 0.6) is 0 Å². The number of hydrogen-bond donors (Lipinski definition) is 1. The number of fused-ring (bicyclic) bond motifs is 1. The van der Waals surface area contributed by atoms with Gasteiger partial charge in [-0.05, 0) is 67.3 Å². The van der Waals surface area contributed by atoms with Crippen LogP contribution in [0.25, 0.3) is 10.8 Å². The molecule has 0 radical (unpaired) electrons. The van der Waals surface area contributed by atoms with Gasteiger partial charge in [0.15, 0.2) is 0 Å². The minimum atomic E-state index is -0.741. The Morgan fingerprint density at radius 1 is 0.900 bits per heavy atom.